The second-order valence-corrected chi connectivity index (χ2v) is 5.46. The van der Waals surface area contributed by atoms with Crippen molar-refractivity contribution in [3.63, 3.8) is 0 Å². The van der Waals surface area contributed by atoms with Crippen molar-refractivity contribution in [2.75, 3.05) is 0 Å². The molecule has 6 heteroatoms. The van der Waals surface area contributed by atoms with Gasteiger partial charge in [-0.25, -0.2) is 0 Å². The molecule has 2 rings (SSSR count). The molecule has 0 bridgehead atoms. The van der Waals surface area contributed by atoms with Crippen molar-refractivity contribution in [2.45, 2.75) is 23.9 Å². The van der Waals surface area contributed by atoms with Gasteiger partial charge >= 0.3 is 0 Å². The highest BCUT2D eigenvalue weighted by Gasteiger charge is 2.10. The van der Waals surface area contributed by atoms with Gasteiger partial charge in [-0.05, 0) is 24.6 Å². The van der Waals surface area contributed by atoms with Gasteiger partial charge in [0.25, 0.3) is 5.22 Å². The van der Waals surface area contributed by atoms with E-state index >= 15 is 0 Å². The minimum absolute atomic E-state index is 0.220. The van der Waals surface area contributed by atoms with Crippen LogP contribution in [0.25, 0.3) is 0 Å². The van der Waals surface area contributed by atoms with Crippen molar-refractivity contribution in [1.29, 1.82) is 0 Å². The summed E-state index contributed by atoms with van der Waals surface area (Å²) in [4.78, 5) is 0. The molecule has 1 aromatic heterocycles. The fraction of sp³-hybridized carbons (Fsp3) is 0.273. The number of rotatable bonds is 4. The minimum atomic E-state index is -0.220. The summed E-state index contributed by atoms with van der Waals surface area (Å²) >= 11 is 4.94. The van der Waals surface area contributed by atoms with Crippen LogP contribution in [0.3, 0.4) is 0 Å². The number of nitrogens with zero attached hydrogens (tertiary/aromatic N) is 2. The second-order valence-electron chi connectivity index (χ2n) is 3.61. The molecule has 0 aliphatic heterocycles. The van der Waals surface area contributed by atoms with Crippen LogP contribution in [0, 0.1) is 0 Å². The summed E-state index contributed by atoms with van der Waals surface area (Å²) in [6, 6.07) is 7.90. The summed E-state index contributed by atoms with van der Waals surface area (Å²) in [6.45, 7) is 1.82. The SMILES string of the molecule is C[C@@H](N)c1nnc(SCc2cccc(Br)c2)o1. The van der Waals surface area contributed by atoms with Crippen LogP contribution in [0.15, 0.2) is 38.4 Å². The van der Waals surface area contributed by atoms with Gasteiger partial charge in [-0.15, -0.1) is 10.2 Å². The van der Waals surface area contributed by atoms with Crippen LogP contribution in [-0.4, -0.2) is 10.2 Å². The van der Waals surface area contributed by atoms with E-state index < -0.39 is 0 Å². The van der Waals surface area contributed by atoms with Crippen LogP contribution >= 0.6 is 27.7 Å². The molecule has 2 N–H and O–H groups in total. The summed E-state index contributed by atoms with van der Waals surface area (Å²) in [7, 11) is 0. The van der Waals surface area contributed by atoms with Crippen LogP contribution in [0.2, 0.25) is 0 Å². The third-order valence-electron chi connectivity index (χ3n) is 2.06. The maximum Gasteiger partial charge on any atom is 0.276 e. The highest BCUT2D eigenvalue weighted by atomic mass is 79.9. The average Bonchev–Trinajstić information content (AvgIpc) is 2.75. The predicted molar refractivity (Wildman–Crippen MR) is 70.6 cm³/mol. The Bertz CT molecular complexity index is 501. The summed E-state index contributed by atoms with van der Waals surface area (Å²) in [6.07, 6.45) is 0. The number of aromatic nitrogens is 2. The molecule has 90 valence electrons. The molecular weight excluding hydrogens is 302 g/mol. The number of hydrogen-bond acceptors (Lipinski definition) is 5. The smallest absolute Gasteiger partial charge is 0.276 e. The van der Waals surface area contributed by atoms with Gasteiger partial charge in [0.15, 0.2) is 0 Å². The molecule has 0 unspecified atom stereocenters. The molecule has 2 aromatic rings. The largest absolute Gasteiger partial charge is 0.414 e. The highest BCUT2D eigenvalue weighted by Crippen LogP contribution is 2.24. The first kappa shape index (κ1) is 12.6. The van der Waals surface area contributed by atoms with E-state index in [1.807, 2.05) is 19.1 Å². The first-order valence-electron chi connectivity index (χ1n) is 5.11. The Hall–Kier alpha value is -0.850. The lowest BCUT2D eigenvalue weighted by Crippen LogP contribution is -2.04. The molecule has 1 heterocycles. The van der Waals surface area contributed by atoms with E-state index in [-0.39, 0.29) is 6.04 Å². The monoisotopic (exact) mass is 313 g/mol. The Morgan fingerprint density at radius 1 is 1.47 bits per heavy atom. The van der Waals surface area contributed by atoms with E-state index in [0.29, 0.717) is 11.1 Å². The average molecular weight is 314 g/mol. The van der Waals surface area contributed by atoms with Crippen molar-refractivity contribution in [3.8, 4) is 0 Å². The van der Waals surface area contributed by atoms with Gasteiger partial charge in [0.05, 0.1) is 6.04 Å². The summed E-state index contributed by atoms with van der Waals surface area (Å²) in [5.41, 5.74) is 6.84. The summed E-state index contributed by atoms with van der Waals surface area (Å²) in [5.74, 6) is 1.27. The lowest BCUT2D eigenvalue weighted by atomic mass is 10.2. The molecule has 1 atom stereocenters. The minimum Gasteiger partial charge on any atom is -0.414 e. The van der Waals surface area contributed by atoms with Crippen molar-refractivity contribution in [3.05, 3.63) is 40.2 Å². The van der Waals surface area contributed by atoms with E-state index in [1.165, 1.54) is 17.3 Å². The van der Waals surface area contributed by atoms with Gasteiger partial charge in [0, 0.05) is 10.2 Å². The third kappa shape index (κ3) is 3.55. The number of hydrogen-bond donors (Lipinski definition) is 1. The van der Waals surface area contributed by atoms with Gasteiger partial charge in [0.2, 0.25) is 5.89 Å². The highest BCUT2D eigenvalue weighted by molar-refractivity contribution is 9.10. The molecule has 0 amide bonds. The fourth-order valence-electron chi connectivity index (χ4n) is 1.23. The Balaban J connectivity index is 1.97. The Labute approximate surface area is 112 Å². The first-order chi connectivity index (χ1) is 8.15. The number of halogens is 1. The van der Waals surface area contributed by atoms with E-state index in [4.69, 9.17) is 10.2 Å². The van der Waals surface area contributed by atoms with Gasteiger partial charge in [-0.2, -0.15) is 0 Å². The van der Waals surface area contributed by atoms with Crippen LogP contribution < -0.4 is 5.73 Å². The van der Waals surface area contributed by atoms with Crippen LogP contribution in [0.5, 0.6) is 0 Å². The maximum atomic E-state index is 5.64. The number of thioether (sulfide) groups is 1. The first-order valence-corrected chi connectivity index (χ1v) is 6.89. The Morgan fingerprint density at radius 2 is 2.29 bits per heavy atom. The molecule has 0 saturated carbocycles. The molecular formula is C11H12BrN3OS. The molecule has 17 heavy (non-hydrogen) atoms. The quantitative estimate of drug-likeness (QED) is 0.878. The van der Waals surface area contributed by atoms with Crippen LogP contribution in [0.4, 0.5) is 0 Å². The van der Waals surface area contributed by atoms with Gasteiger partial charge in [-0.3, -0.25) is 0 Å². The van der Waals surface area contributed by atoms with Crippen LogP contribution in [0.1, 0.15) is 24.4 Å². The Morgan fingerprint density at radius 3 is 2.94 bits per heavy atom. The standard InChI is InChI=1S/C11H12BrN3OS/c1-7(13)10-14-15-11(16-10)17-6-8-3-2-4-9(12)5-8/h2-5,7H,6,13H2,1H3/t7-/m1/s1. The van der Waals surface area contributed by atoms with Gasteiger partial charge in [-0.1, -0.05) is 39.8 Å². The Kier molecular flexibility index (Phi) is 4.20. The lowest BCUT2D eigenvalue weighted by molar-refractivity contribution is 0.394. The lowest BCUT2D eigenvalue weighted by Gasteiger charge is -1.99. The molecule has 0 radical (unpaired) electrons. The number of benzene rings is 1. The van der Waals surface area contributed by atoms with Crippen molar-refractivity contribution in [1.82, 2.24) is 10.2 Å². The summed E-state index contributed by atoms with van der Waals surface area (Å²) < 4.78 is 6.47. The van der Waals surface area contributed by atoms with Crippen molar-refractivity contribution in [2.24, 2.45) is 5.73 Å². The fourth-order valence-corrected chi connectivity index (χ4v) is 2.39. The zero-order chi connectivity index (χ0) is 12.3. The molecule has 1 aromatic carbocycles. The zero-order valence-electron chi connectivity index (χ0n) is 9.26. The predicted octanol–water partition coefficient (Wildman–Crippen LogP) is 3.14. The third-order valence-corrected chi connectivity index (χ3v) is 3.45. The topological polar surface area (TPSA) is 64.9 Å². The van der Waals surface area contributed by atoms with E-state index in [1.54, 1.807) is 0 Å². The van der Waals surface area contributed by atoms with E-state index in [9.17, 15) is 0 Å². The zero-order valence-corrected chi connectivity index (χ0v) is 11.7. The van der Waals surface area contributed by atoms with E-state index in [2.05, 4.69) is 38.3 Å². The molecule has 0 aliphatic carbocycles. The van der Waals surface area contributed by atoms with E-state index in [0.717, 1.165) is 10.2 Å². The van der Waals surface area contributed by atoms with Crippen LogP contribution in [-0.2, 0) is 5.75 Å². The van der Waals surface area contributed by atoms with Crippen molar-refractivity contribution < 1.29 is 4.42 Å². The van der Waals surface area contributed by atoms with Gasteiger partial charge in [0.1, 0.15) is 0 Å². The molecule has 0 spiro atoms. The summed E-state index contributed by atoms with van der Waals surface area (Å²) in [5, 5.41) is 8.36. The van der Waals surface area contributed by atoms with Gasteiger partial charge < -0.3 is 10.2 Å². The number of nitrogens with two attached hydrogens (primary N) is 1. The molecule has 0 aliphatic rings. The maximum absolute atomic E-state index is 5.64. The normalized spacial score (nSPS) is 12.6. The van der Waals surface area contributed by atoms with Crippen molar-refractivity contribution >= 4 is 27.7 Å². The second kappa shape index (κ2) is 5.66. The molecule has 4 nitrogen and oxygen atoms in total. The molecule has 0 fully saturated rings. The molecule has 0 saturated heterocycles.